The molecule has 1 aromatic heterocycles. The zero-order valence-corrected chi connectivity index (χ0v) is 21.7. The molecule has 2 atom stereocenters. The lowest BCUT2D eigenvalue weighted by atomic mass is 9.77. The third-order valence-electron chi connectivity index (χ3n) is 8.62. The molecule has 4 heteroatoms. The van der Waals surface area contributed by atoms with Crippen LogP contribution in [0.3, 0.4) is 0 Å². The van der Waals surface area contributed by atoms with Gasteiger partial charge in [-0.05, 0) is 60.6 Å². The summed E-state index contributed by atoms with van der Waals surface area (Å²) in [5.74, 6) is 0.203. The molecule has 4 aliphatic rings. The number of allylic oxidation sites excluding steroid dienone is 4. The van der Waals surface area contributed by atoms with Gasteiger partial charge in [0, 0.05) is 27.7 Å². The Kier molecular flexibility index (Phi) is 5.02. The Balaban J connectivity index is 1.41. The Bertz CT molecular complexity index is 1870. The first-order valence-corrected chi connectivity index (χ1v) is 13.9. The van der Waals surface area contributed by atoms with Crippen LogP contribution in [0.5, 0.6) is 0 Å². The fourth-order valence-corrected chi connectivity index (χ4v) is 6.92. The fourth-order valence-electron chi connectivity index (χ4n) is 6.92. The number of nitrogens with one attached hydrogen (secondary N) is 2. The summed E-state index contributed by atoms with van der Waals surface area (Å²) in [6, 6.07) is 27.8. The molecule has 39 heavy (non-hydrogen) atoms. The van der Waals surface area contributed by atoms with Gasteiger partial charge in [0.05, 0.1) is 23.1 Å². The molecule has 0 saturated heterocycles. The largest absolute Gasteiger partial charge is 0.456 e. The van der Waals surface area contributed by atoms with Crippen LogP contribution in [0.25, 0.3) is 27.8 Å². The third kappa shape index (κ3) is 3.34. The van der Waals surface area contributed by atoms with Gasteiger partial charge in [0.1, 0.15) is 11.0 Å². The number of benzene rings is 3. The van der Waals surface area contributed by atoms with Crippen molar-refractivity contribution in [1.82, 2.24) is 5.43 Å². The molecule has 8 rings (SSSR count). The summed E-state index contributed by atoms with van der Waals surface area (Å²) in [5, 5.41) is 13.6. The molecule has 1 aliphatic heterocycles. The first kappa shape index (κ1) is 22.4. The standard InChI is InChI=1S/C35H29N3O/c36-28-19-9-6-16-25(28)33(22-12-2-1-3-13-22)37-38-29-20-10-7-17-26(29)31-32-27-18-8-11-21-30(27)39-35(32)24-15-5-4-14-23(24)34(31)38/h1-4,7-14,17-21,23,34,36-37H,5-6,15-16H2/b33-25-,36-28?/t23-,34?/m0/s1. The zero-order chi connectivity index (χ0) is 25.9. The molecule has 1 unspecified atom stereocenters. The van der Waals surface area contributed by atoms with Gasteiger partial charge in [-0.3, -0.25) is 10.4 Å². The lowest BCUT2D eigenvalue weighted by Gasteiger charge is -2.38. The number of rotatable bonds is 3. The van der Waals surface area contributed by atoms with Gasteiger partial charge in [0.2, 0.25) is 0 Å². The van der Waals surface area contributed by atoms with E-state index in [-0.39, 0.29) is 12.0 Å². The molecular formula is C35H29N3O. The quantitative estimate of drug-likeness (QED) is 0.323. The van der Waals surface area contributed by atoms with Crippen molar-refractivity contribution >= 4 is 39.2 Å². The number of hydrogen-bond donors (Lipinski definition) is 2. The Morgan fingerprint density at radius 1 is 0.872 bits per heavy atom. The van der Waals surface area contributed by atoms with Crippen LogP contribution in [-0.2, 0) is 0 Å². The highest BCUT2D eigenvalue weighted by atomic mass is 16.3. The second-order valence-corrected chi connectivity index (χ2v) is 10.8. The van der Waals surface area contributed by atoms with E-state index < -0.39 is 0 Å². The van der Waals surface area contributed by atoms with E-state index in [0.717, 1.165) is 53.5 Å². The Hall–Kier alpha value is -4.57. The topological polar surface area (TPSA) is 52.3 Å². The van der Waals surface area contributed by atoms with Crippen LogP contribution in [0, 0.1) is 11.3 Å². The predicted octanol–water partition coefficient (Wildman–Crippen LogP) is 6.24. The van der Waals surface area contributed by atoms with Crippen molar-refractivity contribution in [2.24, 2.45) is 5.92 Å². The minimum Gasteiger partial charge on any atom is -0.456 e. The van der Waals surface area contributed by atoms with Crippen LogP contribution < -0.4 is 21.1 Å². The average Bonchev–Trinajstić information content (AvgIpc) is 3.53. The number of hydrazine groups is 1. The summed E-state index contributed by atoms with van der Waals surface area (Å²) >= 11 is 0. The normalized spacial score (nSPS) is 22.5. The Morgan fingerprint density at radius 2 is 1.67 bits per heavy atom. The first-order chi connectivity index (χ1) is 19.3. The number of para-hydroxylation sites is 2. The van der Waals surface area contributed by atoms with E-state index in [4.69, 9.17) is 9.83 Å². The van der Waals surface area contributed by atoms with Gasteiger partial charge in [-0.2, -0.15) is 0 Å². The molecular weight excluding hydrogens is 478 g/mol. The van der Waals surface area contributed by atoms with Crippen LogP contribution in [0.2, 0.25) is 0 Å². The molecule has 190 valence electrons. The van der Waals surface area contributed by atoms with Crippen LogP contribution >= 0.6 is 0 Å². The Labute approximate surface area is 227 Å². The molecule has 0 bridgehead atoms. The molecule has 2 N–H and O–H groups in total. The molecule has 3 aromatic carbocycles. The number of anilines is 1. The summed E-state index contributed by atoms with van der Waals surface area (Å²) in [6.07, 6.45) is 12.6. The maximum atomic E-state index is 8.80. The van der Waals surface area contributed by atoms with Crippen molar-refractivity contribution in [1.29, 1.82) is 5.41 Å². The van der Waals surface area contributed by atoms with E-state index in [1.54, 1.807) is 0 Å². The molecule has 0 saturated carbocycles. The van der Waals surface area contributed by atoms with Crippen molar-refractivity contribution in [2.75, 3.05) is 5.01 Å². The van der Waals surface area contributed by atoms with Crippen molar-refractivity contribution in [2.45, 2.75) is 31.7 Å². The SMILES string of the molecule is N=C1C=CCC/C1=C(/NN1c2ccccc2C2=c3c(oc4ccccc34)=C3CCC=C[C@@H]3C21)c1ccccc1. The van der Waals surface area contributed by atoms with Crippen molar-refractivity contribution in [3.63, 3.8) is 0 Å². The van der Waals surface area contributed by atoms with E-state index >= 15 is 0 Å². The number of hydrogen-bond acceptors (Lipinski definition) is 4. The van der Waals surface area contributed by atoms with E-state index in [1.807, 2.05) is 6.08 Å². The summed E-state index contributed by atoms with van der Waals surface area (Å²) in [5.41, 5.74) is 14.8. The van der Waals surface area contributed by atoms with E-state index in [1.165, 1.54) is 33.0 Å². The van der Waals surface area contributed by atoms with Gasteiger partial charge in [-0.1, -0.05) is 85.0 Å². The van der Waals surface area contributed by atoms with Crippen molar-refractivity contribution < 1.29 is 4.42 Å². The van der Waals surface area contributed by atoms with E-state index in [2.05, 4.69) is 108 Å². The fraction of sp³-hybridized carbons (Fsp3) is 0.171. The first-order valence-electron chi connectivity index (χ1n) is 13.9. The van der Waals surface area contributed by atoms with Gasteiger partial charge in [-0.15, -0.1) is 0 Å². The molecule has 0 spiro atoms. The van der Waals surface area contributed by atoms with Crippen molar-refractivity contribution in [3.05, 3.63) is 131 Å². The predicted molar refractivity (Wildman–Crippen MR) is 159 cm³/mol. The van der Waals surface area contributed by atoms with Gasteiger partial charge in [-0.25, -0.2) is 0 Å². The highest BCUT2D eigenvalue weighted by molar-refractivity contribution is 6.12. The number of fused-ring (bicyclic) bond motifs is 8. The summed E-state index contributed by atoms with van der Waals surface area (Å²) in [6.45, 7) is 0. The highest BCUT2D eigenvalue weighted by Crippen LogP contribution is 2.47. The van der Waals surface area contributed by atoms with Crippen LogP contribution in [0.4, 0.5) is 5.69 Å². The van der Waals surface area contributed by atoms with Gasteiger partial charge in [0.15, 0.2) is 0 Å². The van der Waals surface area contributed by atoms with E-state index in [0.29, 0.717) is 5.71 Å². The monoisotopic (exact) mass is 507 g/mol. The zero-order valence-electron chi connectivity index (χ0n) is 21.7. The molecule has 2 heterocycles. The number of furan rings is 1. The smallest absolute Gasteiger partial charge is 0.135 e. The molecule has 0 amide bonds. The lowest BCUT2D eigenvalue weighted by Crippen LogP contribution is -2.51. The molecule has 3 aliphatic carbocycles. The third-order valence-corrected chi connectivity index (χ3v) is 8.62. The minimum absolute atomic E-state index is 0.0788. The summed E-state index contributed by atoms with van der Waals surface area (Å²) < 4.78 is 6.60. The number of nitrogens with zero attached hydrogens (tertiary/aromatic N) is 1. The van der Waals surface area contributed by atoms with Gasteiger partial charge >= 0.3 is 0 Å². The van der Waals surface area contributed by atoms with Crippen LogP contribution in [0.15, 0.2) is 113 Å². The molecule has 4 aromatic rings. The minimum atomic E-state index is 0.0788. The van der Waals surface area contributed by atoms with Crippen molar-refractivity contribution in [3.8, 4) is 0 Å². The van der Waals surface area contributed by atoms with Gasteiger partial charge < -0.3 is 9.83 Å². The van der Waals surface area contributed by atoms with Gasteiger partial charge in [0.25, 0.3) is 0 Å². The molecule has 4 nitrogen and oxygen atoms in total. The second-order valence-electron chi connectivity index (χ2n) is 10.8. The Morgan fingerprint density at radius 3 is 2.56 bits per heavy atom. The molecule has 0 radical (unpaired) electrons. The summed E-state index contributed by atoms with van der Waals surface area (Å²) in [4.78, 5) is 0. The summed E-state index contributed by atoms with van der Waals surface area (Å²) in [7, 11) is 0. The molecule has 0 fully saturated rings. The average molecular weight is 508 g/mol. The van der Waals surface area contributed by atoms with E-state index in [9.17, 15) is 0 Å². The van der Waals surface area contributed by atoms with Crippen LogP contribution in [0.1, 0.15) is 36.8 Å². The second kappa shape index (κ2) is 8.74. The maximum absolute atomic E-state index is 8.80. The highest BCUT2D eigenvalue weighted by Gasteiger charge is 2.44. The lowest BCUT2D eigenvalue weighted by molar-refractivity contribution is 0.531. The maximum Gasteiger partial charge on any atom is 0.135 e. The van der Waals surface area contributed by atoms with Crippen LogP contribution in [-0.4, -0.2) is 11.8 Å².